The summed E-state index contributed by atoms with van der Waals surface area (Å²) in [6.45, 7) is 6.49. The summed E-state index contributed by atoms with van der Waals surface area (Å²) in [5, 5.41) is 7.34. The van der Waals surface area contributed by atoms with Gasteiger partial charge in [-0.3, -0.25) is 9.78 Å². The van der Waals surface area contributed by atoms with Crippen LogP contribution in [0.15, 0.2) is 54.9 Å². The standard InChI is InChI=1S/C23H23N5O/c1-15-8-4-5-9-18(15)12-20-16(2)27-22-21(14-26-28(22)17(20)3)23(29)25-13-19-10-6-7-11-24-19/h4-11,14H,12-13H2,1-3H3,(H,25,29). The lowest BCUT2D eigenvalue weighted by Crippen LogP contribution is -2.23. The summed E-state index contributed by atoms with van der Waals surface area (Å²) >= 11 is 0. The molecule has 6 nitrogen and oxygen atoms in total. The predicted octanol–water partition coefficient (Wildman–Crippen LogP) is 3.57. The monoisotopic (exact) mass is 385 g/mol. The molecule has 0 bridgehead atoms. The molecule has 1 amide bonds. The fourth-order valence-corrected chi connectivity index (χ4v) is 3.49. The van der Waals surface area contributed by atoms with Crippen LogP contribution in [0.25, 0.3) is 5.65 Å². The Hall–Kier alpha value is -3.54. The Balaban J connectivity index is 1.63. The number of rotatable bonds is 5. The van der Waals surface area contributed by atoms with Crippen LogP contribution in [0.1, 0.15) is 44.1 Å². The minimum atomic E-state index is -0.205. The fraction of sp³-hybridized carbons (Fsp3) is 0.217. The van der Waals surface area contributed by atoms with Gasteiger partial charge in [-0.05, 0) is 49.6 Å². The van der Waals surface area contributed by atoms with E-state index in [-0.39, 0.29) is 5.91 Å². The van der Waals surface area contributed by atoms with Crippen molar-refractivity contribution < 1.29 is 4.79 Å². The molecule has 1 aromatic carbocycles. The normalized spacial score (nSPS) is 11.0. The van der Waals surface area contributed by atoms with Gasteiger partial charge >= 0.3 is 0 Å². The van der Waals surface area contributed by atoms with E-state index in [0.29, 0.717) is 17.8 Å². The van der Waals surface area contributed by atoms with Crippen LogP contribution >= 0.6 is 0 Å². The van der Waals surface area contributed by atoms with Crippen LogP contribution in [0.4, 0.5) is 0 Å². The van der Waals surface area contributed by atoms with Crippen molar-refractivity contribution in [3.05, 3.63) is 94.2 Å². The van der Waals surface area contributed by atoms with E-state index >= 15 is 0 Å². The van der Waals surface area contributed by atoms with Gasteiger partial charge in [0.2, 0.25) is 0 Å². The Morgan fingerprint density at radius 3 is 2.62 bits per heavy atom. The molecule has 0 atom stereocenters. The third kappa shape index (κ3) is 3.74. The molecule has 0 unspecified atom stereocenters. The zero-order valence-electron chi connectivity index (χ0n) is 16.8. The average molecular weight is 385 g/mol. The maximum Gasteiger partial charge on any atom is 0.257 e. The number of hydrogen-bond acceptors (Lipinski definition) is 4. The molecule has 4 rings (SSSR count). The molecule has 0 aliphatic heterocycles. The minimum Gasteiger partial charge on any atom is -0.346 e. The highest BCUT2D eigenvalue weighted by Gasteiger charge is 2.18. The fourth-order valence-electron chi connectivity index (χ4n) is 3.49. The molecule has 0 aliphatic rings. The number of amides is 1. The second-order valence-corrected chi connectivity index (χ2v) is 7.16. The maximum absolute atomic E-state index is 12.7. The first-order valence-corrected chi connectivity index (χ1v) is 9.61. The molecule has 4 aromatic rings. The summed E-state index contributed by atoms with van der Waals surface area (Å²) in [4.78, 5) is 21.7. The molecule has 3 heterocycles. The number of fused-ring (bicyclic) bond motifs is 1. The second kappa shape index (κ2) is 7.83. The van der Waals surface area contributed by atoms with Crippen LogP contribution in [-0.4, -0.2) is 25.5 Å². The van der Waals surface area contributed by atoms with Crippen LogP contribution in [0.3, 0.4) is 0 Å². The topological polar surface area (TPSA) is 72.2 Å². The molecule has 6 heteroatoms. The van der Waals surface area contributed by atoms with E-state index in [4.69, 9.17) is 4.98 Å². The van der Waals surface area contributed by atoms with Crippen LogP contribution in [0.2, 0.25) is 0 Å². The van der Waals surface area contributed by atoms with Crippen LogP contribution in [-0.2, 0) is 13.0 Å². The Morgan fingerprint density at radius 1 is 1.07 bits per heavy atom. The van der Waals surface area contributed by atoms with Gasteiger partial charge in [0, 0.05) is 24.0 Å². The first-order valence-electron chi connectivity index (χ1n) is 9.61. The molecule has 0 aliphatic carbocycles. The zero-order valence-corrected chi connectivity index (χ0v) is 16.8. The van der Waals surface area contributed by atoms with E-state index in [1.54, 1.807) is 16.9 Å². The van der Waals surface area contributed by atoms with Gasteiger partial charge in [-0.1, -0.05) is 30.3 Å². The third-order valence-corrected chi connectivity index (χ3v) is 5.24. The summed E-state index contributed by atoms with van der Waals surface area (Å²) in [5.74, 6) is -0.205. The number of aryl methyl sites for hydroxylation is 3. The third-order valence-electron chi connectivity index (χ3n) is 5.24. The number of pyridine rings is 1. The lowest BCUT2D eigenvalue weighted by Gasteiger charge is -2.13. The number of nitrogens with zero attached hydrogens (tertiary/aromatic N) is 4. The highest BCUT2D eigenvalue weighted by molar-refractivity contribution is 5.99. The highest BCUT2D eigenvalue weighted by atomic mass is 16.1. The minimum absolute atomic E-state index is 0.205. The van der Waals surface area contributed by atoms with Gasteiger partial charge in [0.15, 0.2) is 5.65 Å². The SMILES string of the molecule is Cc1ccccc1Cc1c(C)nc2c(C(=O)NCc3ccccn3)cnn2c1C. The predicted molar refractivity (Wildman–Crippen MR) is 112 cm³/mol. The van der Waals surface area contributed by atoms with E-state index in [1.807, 2.05) is 38.1 Å². The van der Waals surface area contributed by atoms with Crippen molar-refractivity contribution in [3.63, 3.8) is 0 Å². The first kappa shape index (κ1) is 18.8. The van der Waals surface area contributed by atoms with E-state index in [0.717, 1.165) is 29.1 Å². The number of nitrogens with one attached hydrogen (secondary N) is 1. The molecule has 0 saturated heterocycles. The molecule has 0 spiro atoms. The largest absolute Gasteiger partial charge is 0.346 e. The van der Waals surface area contributed by atoms with Crippen molar-refractivity contribution in [2.24, 2.45) is 0 Å². The average Bonchev–Trinajstić information content (AvgIpc) is 3.15. The summed E-state index contributed by atoms with van der Waals surface area (Å²) in [6.07, 6.45) is 4.08. The molecule has 146 valence electrons. The van der Waals surface area contributed by atoms with Crippen molar-refractivity contribution in [2.45, 2.75) is 33.7 Å². The Kier molecular flexibility index (Phi) is 5.08. The summed E-state index contributed by atoms with van der Waals surface area (Å²) in [5.41, 5.74) is 7.41. The number of aromatic nitrogens is 4. The van der Waals surface area contributed by atoms with Crippen LogP contribution in [0, 0.1) is 20.8 Å². The number of carbonyl (C=O) groups excluding carboxylic acids is 1. The molecule has 1 N–H and O–H groups in total. The second-order valence-electron chi connectivity index (χ2n) is 7.16. The number of benzene rings is 1. The molecule has 29 heavy (non-hydrogen) atoms. The maximum atomic E-state index is 12.7. The highest BCUT2D eigenvalue weighted by Crippen LogP contribution is 2.21. The zero-order chi connectivity index (χ0) is 20.4. The Bertz CT molecular complexity index is 1180. The molecule has 0 saturated carbocycles. The van der Waals surface area contributed by atoms with Gasteiger partial charge in [-0.25, -0.2) is 9.50 Å². The lowest BCUT2D eigenvalue weighted by molar-refractivity contribution is 0.0952. The number of hydrogen-bond donors (Lipinski definition) is 1. The molecule has 3 aromatic heterocycles. The van der Waals surface area contributed by atoms with Crippen molar-refractivity contribution >= 4 is 11.6 Å². The van der Waals surface area contributed by atoms with E-state index in [1.165, 1.54) is 11.1 Å². The lowest BCUT2D eigenvalue weighted by atomic mass is 9.99. The quantitative estimate of drug-likeness (QED) is 0.570. The van der Waals surface area contributed by atoms with Gasteiger partial charge in [0.25, 0.3) is 5.91 Å². The smallest absolute Gasteiger partial charge is 0.257 e. The van der Waals surface area contributed by atoms with Crippen LogP contribution in [0.5, 0.6) is 0 Å². The van der Waals surface area contributed by atoms with Crippen molar-refractivity contribution in [1.82, 2.24) is 24.9 Å². The van der Waals surface area contributed by atoms with E-state index < -0.39 is 0 Å². The Labute approximate surface area is 169 Å². The van der Waals surface area contributed by atoms with Gasteiger partial charge in [0.05, 0.1) is 18.4 Å². The summed E-state index contributed by atoms with van der Waals surface area (Å²) < 4.78 is 1.76. The molecular weight excluding hydrogens is 362 g/mol. The van der Waals surface area contributed by atoms with Crippen molar-refractivity contribution in [2.75, 3.05) is 0 Å². The molecular formula is C23H23N5O. The summed E-state index contributed by atoms with van der Waals surface area (Å²) in [7, 11) is 0. The first-order chi connectivity index (χ1) is 14.0. The van der Waals surface area contributed by atoms with E-state index in [2.05, 4.69) is 40.5 Å². The van der Waals surface area contributed by atoms with Gasteiger partial charge in [-0.2, -0.15) is 5.10 Å². The van der Waals surface area contributed by atoms with Gasteiger partial charge < -0.3 is 5.32 Å². The van der Waals surface area contributed by atoms with E-state index in [9.17, 15) is 4.79 Å². The van der Waals surface area contributed by atoms with Gasteiger partial charge in [-0.15, -0.1) is 0 Å². The van der Waals surface area contributed by atoms with Gasteiger partial charge in [0.1, 0.15) is 5.56 Å². The van der Waals surface area contributed by atoms with Crippen molar-refractivity contribution in [3.8, 4) is 0 Å². The molecule has 0 radical (unpaired) electrons. The van der Waals surface area contributed by atoms with Crippen molar-refractivity contribution in [1.29, 1.82) is 0 Å². The number of carbonyl (C=O) groups is 1. The Morgan fingerprint density at radius 2 is 1.86 bits per heavy atom. The van der Waals surface area contributed by atoms with Crippen LogP contribution < -0.4 is 5.32 Å². The summed E-state index contributed by atoms with van der Waals surface area (Å²) in [6, 6.07) is 14.0. The molecule has 0 fully saturated rings.